The Morgan fingerprint density at radius 1 is 1.44 bits per heavy atom. The van der Waals surface area contributed by atoms with Crippen LogP contribution in [0, 0.1) is 23.7 Å². The minimum absolute atomic E-state index is 0.329. The molecule has 4 nitrogen and oxygen atoms in total. The Morgan fingerprint density at radius 3 is 2.85 bits per heavy atom. The molecule has 0 unspecified atom stereocenters. The average Bonchev–Trinajstić information content (AvgIpc) is 3.36. The molecule has 1 aromatic rings. The molecule has 0 amide bonds. The van der Waals surface area contributed by atoms with Crippen LogP contribution in [0.1, 0.15) is 51.5 Å². The van der Waals surface area contributed by atoms with Crippen molar-refractivity contribution in [3.63, 3.8) is 0 Å². The van der Waals surface area contributed by atoms with Gasteiger partial charge in [-0.15, -0.1) is 12.3 Å². The maximum atomic E-state index is 5.61. The SMILES string of the molecule is C#CCC12CC(C1)N(c1nc(NC(/C=C(\C)C3CC3)=NC)ccc1CC)C2. The van der Waals surface area contributed by atoms with Crippen molar-refractivity contribution in [2.24, 2.45) is 16.3 Å². The van der Waals surface area contributed by atoms with Crippen LogP contribution in [0.3, 0.4) is 0 Å². The number of allylic oxidation sites excluding steroid dienone is 1. The highest BCUT2D eigenvalue weighted by Crippen LogP contribution is 2.55. The van der Waals surface area contributed by atoms with Crippen molar-refractivity contribution in [3.8, 4) is 12.3 Å². The summed E-state index contributed by atoms with van der Waals surface area (Å²) in [5.74, 6) is 6.52. The van der Waals surface area contributed by atoms with Crippen molar-refractivity contribution >= 4 is 17.5 Å². The van der Waals surface area contributed by atoms with E-state index >= 15 is 0 Å². The zero-order valence-corrected chi connectivity index (χ0v) is 16.8. The number of aryl methyl sites for hydroxylation is 1. The number of hydrogen-bond acceptors (Lipinski definition) is 3. The van der Waals surface area contributed by atoms with Crippen LogP contribution >= 0.6 is 0 Å². The van der Waals surface area contributed by atoms with Gasteiger partial charge in [-0.25, -0.2) is 4.98 Å². The highest BCUT2D eigenvalue weighted by molar-refractivity contribution is 6.03. The largest absolute Gasteiger partial charge is 0.353 e. The van der Waals surface area contributed by atoms with Gasteiger partial charge in [0.1, 0.15) is 17.5 Å². The molecule has 3 heterocycles. The van der Waals surface area contributed by atoms with E-state index in [1.807, 2.05) is 7.05 Å². The van der Waals surface area contributed by atoms with Crippen LogP contribution in [0.2, 0.25) is 0 Å². The maximum absolute atomic E-state index is 5.61. The number of aliphatic imine (C=N–C) groups is 1. The second kappa shape index (κ2) is 7.03. The summed E-state index contributed by atoms with van der Waals surface area (Å²) in [4.78, 5) is 11.9. The normalized spacial score (nSPS) is 27.3. The Morgan fingerprint density at radius 2 is 2.22 bits per heavy atom. The van der Waals surface area contributed by atoms with Gasteiger partial charge in [-0.3, -0.25) is 4.99 Å². The zero-order chi connectivity index (χ0) is 19.0. The third-order valence-corrected chi connectivity index (χ3v) is 6.45. The molecule has 0 spiro atoms. The van der Waals surface area contributed by atoms with E-state index in [2.05, 4.69) is 53.2 Å². The molecule has 27 heavy (non-hydrogen) atoms. The molecule has 1 N–H and O–H groups in total. The fourth-order valence-electron chi connectivity index (χ4n) is 4.68. The summed E-state index contributed by atoms with van der Waals surface area (Å²) in [5, 5.41) is 3.42. The second-order valence-corrected chi connectivity index (χ2v) is 8.50. The predicted octanol–water partition coefficient (Wildman–Crippen LogP) is 4.43. The van der Waals surface area contributed by atoms with E-state index < -0.39 is 0 Å². The minimum Gasteiger partial charge on any atom is -0.353 e. The van der Waals surface area contributed by atoms with Crippen molar-refractivity contribution in [1.82, 2.24) is 4.98 Å². The standard InChI is InChI=1S/C23H30N4/c1-5-11-23-13-19(14-23)27(15-23)22-17(6-2)9-10-20(26-22)25-21(24-4)12-16(3)18-7-8-18/h1,9-10,12,18-19H,6-8,11,13-15H2,2-4H3,(H,24,25,26)/b16-12+. The number of rotatable bonds is 6. The summed E-state index contributed by atoms with van der Waals surface area (Å²) in [6.07, 6.45) is 14.7. The minimum atomic E-state index is 0.329. The molecule has 0 atom stereocenters. The van der Waals surface area contributed by atoms with Crippen LogP contribution in [0.25, 0.3) is 0 Å². The molecule has 4 fully saturated rings. The highest BCUT2D eigenvalue weighted by atomic mass is 15.3. The fourth-order valence-corrected chi connectivity index (χ4v) is 4.68. The van der Waals surface area contributed by atoms with E-state index in [9.17, 15) is 0 Å². The molecule has 0 radical (unpaired) electrons. The molecule has 2 saturated heterocycles. The molecule has 1 aromatic heterocycles. The van der Waals surface area contributed by atoms with E-state index in [1.165, 1.54) is 36.8 Å². The Balaban J connectivity index is 1.55. The molecule has 2 saturated carbocycles. The van der Waals surface area contributed by atoms with Gasteiger partial charge in [-0.1, -0.05) is 18.6 Å². The highest BCUT2D eigenvalue weighted by Gasteiger charge is 2.55. The Bertz CT molecular complexity index is 819. The molecule has 2 aliphatic heterocycles. The van der Waals surface area contributed by atoms with Crippen molar-refractivity contribution in [1.29, 1.82) is 0 Å². The van der Waals surface area contributed by atoms with Crippen LogP contribution in [-0.4, -0.2) is 30.5 Å². The molecule has 2 bridgehead atoms. The number of amidine groups is 1. The average molecular weight is 363 g/mol. The molecule has 4 aliphatic rings. The second-order valence-electron chi connectivity index (χ2n) is 8.50. The van der Waals surface area contributed by atoms with Gasteiger partial charge in [0.2, 0.25) is 0 Å². The first-order chi connectivity index (χ1) is 13.1. The Labute approximate surface area is 163 Å². The Hall–Kier alpha value is -2.28. The molecule has 142 valence electrons. The van der Waals surface area contributed by atoms with Crippen molar-refractivity contribution in [3.05, 3.63) is 29.3 Å². The first-order valence-corrected chi connectivity index (χ1v) is 10.2. The van der Waals surface area contributed by atoms with Gasteiger partial charge in [0.05, 0.1) is 0 Å². The number of aromatic nitrogens is 1. The maximum Gasteiger partial charge on any atom is 0.134 e. The lowest BCUT2D eigenvalue weighted by molar-refractivity contribution is 0.206. The topological polar surface area (TPSA) is 40.5 Å². The van der Waals surface area contributed by atoms with Crippen LogP contribution in [0.5, 0.6) is 0 Å². The van der Waals surface area contributed by atoms with Crippen LogP contribution in [-0.2, 0) is 6.42 Å². The van der Waals surface area contributed by atoms with Gasteiger partial charge in [-0.05, 0) is 62.7 Å². The summed E-state index contributed by atoms with van der Waals surface area (Å²) >= 11 is 0. The number of fused-ring (bicyclic) bond motifs is 1. The van der Waals surface area contributed by atoms with Crippen molar-refractivity contribution in [2.45, 2.75) is 58.4 Å². The van der Waals surface area contributed by atoms with E-state index in [0.717, 1.165) is 42.8 Å². The molecule has 5 rings (SSSR count). The lowest BCUT2D eigenvalue weighted by Crippen LogP contribution is -2.34. The first-order valence-electron chi connectivity index (χ1n) is 10.2. The van der Waals surface area contributed by atoms with Gasteiger partial charge >= 0.3 is 0 Å². The van der Waals surface area contributed by atoms with Crippen LogP contribution < -0.4 is 10.2 Å². The summed E-state index contributed by atoms with van der Waals surface area (Å²) < 4.78 is 0. The van der Waals surface area contributed by atoms with E-state index in [4.69, 9.17) is 11.4 Å². The van der Waals surface area contributed by atoms with Gasteiger partial charge in [0, 0.05) is 31.5 Å². The van der Waals surface area contributed by atoms with Crippen molar-refractivity contribution < 1.29 is 0 Å². The summed E-state index contributed by atoms with van der Waals surface area (Å²) in [5.41, 5.74) is 3.05. The summed E-state index contributed by atoms with van der Waals surface area (Å²) in [7, 11) is 1.83. The fraction of sp³-hybridized carbons (Fsp3) is 0.565. The Kier molecular flexibility index (Phi) is 4.72. The lowest BCUT2D eigenvalue weighted by Gasteiger charge is -2.35. The monoisotopic (exact) mass is 362 g/mol. The molecule has 4 heteroatoms. The molecular formula is C23H30N4. The van der Waals surface area contributed by atoms with Gasteiger partial charge in [-0.2, -0.15) is 0 Å². The van der Waals surface area contributed by atoms with Crippen LogP contribution in [0.4, 0.5) is 11.6 Å². The number of nitrogens with one attached hydrogen (secondary N) is 1. The molecule has 2 aliphatic carbocycles. The van der Waals surface area contributed by atoms with E-state index in [0.29, 0.717) is 11.5 Å². The lowest BCUT2D eigenvalue weighted by atomic mass is 9.68. The zero-order valence-electron chi connectivity index (χ0n) is 16.8. The molecular weight excluding hydrogens is 332 g/mol. The van der Waals surface area contributed by atoms with Gasteiger partial charge < -0.3 is 10.2 Å². The van der Waals surface area contributed by atoms with Gasteiger partial charge in [0.25, 0.3) is 0 Å². The summed E-state index contributed by atoms with van der Waals surface area (Å²) in [6, 6.07) is 4.88. The third kappa shape index (κ3) is 3.48. The smallest absolute Gasteiger partial charge is 0.134 e. The van der Waals surface area contributed by atoms with Gasteiger partial charge in [0.15, 0.2) is 0 Å². The summed E-state index contributed by atoms with van der Waals surface area (Å²) in [6.45, 7) is 5.44. The molecule has 0 aromatic carbocycles. The van der Waals surface area contributed by atoms with E-state index in [-0.39, 0.29) is 0 Å². The number of pyridine rings is 1. The van der Waals surface area contributed by atoms with E-state index in [1.54, 1.807) is 0 Å². The number of hydrogen-bond donors (Lipinski definition) is 1. The number of nitrogens with zero attached hydrogens (tertiary/aromatic N) is 3. The first kappa shape index (κ1) is 18.1. The van der Waals surface area contributed by atoms with Crippen LogP contribution in [0.15, 0.2) is 28.8 Å². The third-order valence-electron chi connectivity index (χ3n) is 6.45. The number of anilines is 2. The van der Waals surface area contributed by atoms with Crippen molar-refractivity contribution in [2.75, 3.05) is 23.8 Å². The number of terminal acetylenes is 1. The quantitative estimate of drug-likeness (QED) is 0.462. The predicted molar refractivity (Wildman–Crippen MR) is 113 cm³/mol.